The summed E-state index contributed by atoms with van der Waals surface area (Å²) < 4.78 is 29.6. The minimum absolute atomic E-state index is 0.0554. The number of rotatable bonds is 4. The van der Waals surface area contributed by atoms with Crippen LogP contribution in [0.5, 0.6) is 0 Å². The summed E-state index contributed by atoms with van der Waals surface area (Å²) in [5, 5.41) is 0. The molecular formula is C9H19NO4S. The molecule has 0 aromatic rings. The summed E-state index contributed by atoms with van der Waals surface area (Å²) in [6.45, 7) is 8.15. The molecule has 1 atom stereocenters. The van der Waals surface area contributed by atoms with Gasteiger partial charge in [-0.1, -0.05) is 0 Å². The van der Waals surface area contributed by atoms with Gasteiger partial charge in [0.2, 0.25) is 10.0 Å². The van der Waals surface area contributed by atoms with Crippen LogP contribution in [-0.4, -0.2) is 31.8 Å². The van der Waals surface area contributed by atoms with E-state index in [-0.39, 0.29) is 5.75 Å². The fourth-order valence-electron chi connectivity index (χ4n) is 0.791. The quantitative estimate of drug-likeness (QED) is 0.729. The van der Waals surface area contributed by atoms with E-state index in [1.54, 1.807) is 20.8 Å². The first-order valence-electron chi connectivity index (χ1n) is 4.80. The molecule has 90 valence electrons. The van der Waals surface area contributed by atoms with Crippen molar-refractivity contribution in [3.05, 3.63) is 0 Å². The molecule has 0 fully saturated rings. The summed E-state index contributed by atoms with van der Waals surface area (Å²) in [6.07, 6.45) is 0. The smallest absolute Gasteiger partial charge is 0.324 e. The van der Waals surface area contributed by atoms with Gasteiger partial charge in [0.05, 0.1) is 5.75 Å². The monoisotopic (exact) mass is 237 g/mol. The van der Waals surface area contributed by atoms with Crippen LogP contribution in [0.15, 0.2) is 0 Å². The molecule has 5 nitrogen and oxygen atoms in total. The van der Waals surface area contributed by atoms with Crippen LogP contribution in [0.3, 0.4) is 0 Å². The number of carbonyl (C=O) groups excluding carboxylic acids is 1. The maximum Gasteiger partial charge on any atom is 0.324 e. The van der Waals surface area contributed by atoms with E-state index in [0.29, 0.717) is 0 Å². The van der Waals surface area contributed by atoms with E-state index in [0.717, 1.165) is 0 Å². The first-order chi connectivity index (χ1) is 6.57. The lowest BCUT2D eigenvalue weighted by atomic mass is 10.2. The van der Waals surface area contributed by atoms with Gasteiger partial charge in [0.15, 0.2) is 0 Å². The second kappa shape index (κ2) is 4.94. The van der Waals surface area contributed by atoms with E-state index in [1.165, 1.54) is 13.8 Å². The second-order valence-electron chi connectivity index (χ2n) is 4.28. The van der Waals surface area contributed by atoms with Crippen molar-refractivity contribution in [2.24, 2.45) is 0 Å². The van der Waals surface area contributed by atoms with Gasteiger partial charge < -0.3 is 4.74 Å². The minimum Gasteiger partial charge on any atom is -0.459 e. The Hall–Kier alpha value is -0.620. The van der Waals surface area contributed by atoms with Crippen molar-refractivity contribution in [1.29, 1.82) is 0 Å². The van der Waals surface area contributed by atoms with E-state index < -0.39 is 27.6 Å². The summed E-state index contributed by atoms with van der Waals surface area (Å²) in [4.78, 5) is 11.4. The lowest BCUT2D eigenvalue weighted by Gasteiger charge is -2.22. The van der Waals surface area contributed by atoms with Gasteiger partial charge in [0.1, 0.15) is 11.6 Å². The fourth-order valence-corrected chi connectivity index (χ4v) is 1.59. The molecule has 1 N–H and O–H groups in total. The topological polar surface area (TPSA) is 72.5 Å². The number of hydrogen-bond donors (Lipinski definition) is 1. The fraction of sp³-hybridized carbons (Fsp3) is 0.889. The number of sulfonamides is 1. The molecule has 0 aromatic heterocycles. The molecule has 0 aliphatic rings. The number of esters is 1. The highest BCUT2D eigenvalue weighted by molar-refractivity contribution is 7.89. The van der Waals surface area contributed by atoms with Gasteiger partial charge in [-0.05, 0) is 34.6 Å². The normalized spacial score (nSPS) is 14.7. The number of ether oxygens (including phenoxy) is 1. The Balaban J connectivity index is 4.36. The lowest BCUT2D eigenvalue weighted by molar-refractivity contribution is -0.156. The van der Waals surface area contributed by atoms with E-state index in [2.05, 4.69) is 4.72 Å². The Morgan fingerprint density at radius 3 is 2.20 bits per heavy atom. The van der Waals surface area contributed by atoms with Crippen molar-refractivity contribution in [1.82, 2.24) is 4.72 Å². The van der Waals surface area contributed by atoms with Gasteiger partial charge in [-0.15, -0.1) is 0 Å². The van der Waals surface area contributed by atoms with Crippen LogP contribution in [0.4, 0.5) is 0 Å². The molecule has 0 spiro atoms. The number of hydrogen-bond acceptors (Lipinski definition) is 4. The van der Waals surface area contributed by atoms with Crippen molar-refractivity contribution in [3.8, 4) is 0 Å². The highest BCUT2D eigenvalue weighted by Crippen LogP contribution is 2.08. The van der Waals surface area contributed by atoms with Crippen LogP contribution in [-0.2, 0) is 19.6 Å². The molecule has 0 unspecified atom stereocenters. The molecule has 0 aliphatic carbocycles. The van der Waals surface area contributed by atoms with Crippen molar-refractivity contribution in [2.45, 2.75) is 46.3 Å². The first kappa shape index (κ1) is 14.4. The molecule has 0 amide bonds. The van der Waals surface area contributed by atoms with Crippen molar-refractivity contribution in [3.63, 3.8) is 0 Å². The summed E-state index contributed by atoms with van der Waals surface area (Å²) in [6, 6.07) is -0.853. The van der Waals surface area contributed by atoms with Gasteiger partial charge in [0, 0.05) is 0 Å². The summed E-state index contributed by atoms with van der Waals surface area (Å²) in [5.74, 6) is -0.625. The minimum atomic E-state index is -3.37. The molecule has 0 aromatic carbocycles. The zero-order chi connectivity index (χ0) is 12.3. The van der Waals surface area contributed by atoms with Crippen LogP contribution in [0.25, 0.3) is 0 Å². The Bertz CT molecular complexity index is 315. The summed E-state index contributed by atoms with van der Waals surface area (Å²) in [7, 11) is -3.37. The first-order valence-corrected chi connectivity index (χ1v) is 6.45. The van der Waals surface area contributed by atoms with E-state index in [4.69, 9.17) is 4.74 Å². The Kier molecular flexibility index (Phi) is 4.73. The second-order valence-corrected chi connectivity index (χ2v) is 6.32. The lowest BCUT2D eigenvalue weighted by Crippen LogP contribution is -2.42. The standard InChI is InChI=1S/C9H19NO4S/c1-6-15(12,13)10-7(2)8(11)14-9(3,4)5/h7,10H,6H2,1-5H3/t7-/m1/s1. The average molecular weight is 237 g/mol. The third kappa shape index (κ3) is 6.46. The predicted octanol–water partition coefficient (Wildman–Crippen LogP) is 0.656. The molecule has 0 heterocycles. The van der Waals surface area contributed by atoms with Crippen LogP contribution in [0.2, 0.25) is 0 Å². The highest BCUT2D eigenvalue weighted by atomic mass is 32.2. The van der Waals surface area contributed by atoms with Gasteiger partial charge in [-0.3, -0.25) is 4.79 Å². The Morgan fingerprint density at radius 2 is 1.87 bits per heavy atom. The van der Waals surface area contributed by atoms with E-state index in [9.17, 15) is 13.2 Å². The zero-order valence-corrected chi connectivity index (χ0v) is 10.6. The highest BCUT2D eigenvalue weighted by Gasteiger charge is 2.24. The molecule has 0 rings (SSSR count). The molecule has 6 heteroatoms. The maximum absolute atomic E-state index is 11.4. The zero-order valence-electron chi connectivity index (χ0n) is 9.83. The van der Waals surface area contributed by atoms with Crippen LogP contribution >= 0.6 is 0 Å². The Labute approximate surface area is 91.2 Å². The number of carbonyl (C=O) groups is 1. The molecule has 0 radical (unpaired) electrons. The Morgan fingerprint density at radius 1 is 1.40 bits per heavy atom. The largest absolute Gasteiger partial charge is 0.459 e. The van der Waals surface area contributed by atoms with Crippen molar-refractivity contribution in [2.75, 3.05) is 5.75 Å². The van der Waals surface area contributed by atoms with Gasteiger partial charge in [-0.25, -0.2) is 13.1 Å². The summed E-state index contributed by atoms with van der Waals surface area (Å²) in [5.41, 5.74) is -0.608. The maximum atomic E-state index is 11.4. The molecular weight excluding hydrogens is 218 g/mol. The van der Waals surface area contributed by atoms with Crippen molar-refractivity contribution < 1.29 is 17.9 Å². The van der Waals surface area contributed by atoms with Crippen molar-refractivity contribution >= 4 is 16.0 Å². The van der Waals surface area contributed by atoms with Crippen LogP contribution in [0.1, 0.15) is 34.6 Å². The number of nitrogens with one attached hydrogen (secondary N) is 1. The van der Waals surface area contributed by atoms with Crippen LogP contribution < -0.4 is 4.72 Å². The van der Waals surface area contributed by atoms with Gasteiger partial charge >= 0.3 is 5.97 Å². The van der Waals surface area contributed by atoms with E-state index in [1.807, 2.05) is 0 Å². The third-order valence-electron chi connectivity index (χ3n) is 1.50. The molecule has 15 heavy (non-hydrogen) atoms. The third-order valence-corrected chi connectivity index (χ3v) is 2.97. The molecule has 0 bridgehead atoms. The SMILES string of the molecule is CCS(=O)(=O)N[C@H](C)C(=O)OC(C)(C)C. The van der Waals surface area contributed by atoms with Crippen LogP contribution in [0, 0.1) is 0 Å². The summed E-state index contributed by atoms with van der Waals surface area (Å²) >= 11 is 0. The molecule has 0 saturated carbocycles. The molecule has 0 saturated heterocycles. The average Bonchev–Trinajstić information content (AvgIpc) is 2.00. The van der Waals surface area contributed by atoms with Gasteiger partial charge in [0.25, 0.3) is 0 Å². The molecule has 0 aliphatic heterocycles. The van der Waals surface area contributed by atoms with Gasteiger partial charge in [-0.2, -0.15) is 0 Å². The predicted molar refractivity (Wildman–Crippen MR) is 57.9 cm³/mol. The van der Waals surface area contributed by atoms with E-state index >= 15 is 0 Å².